The Kier molecular flexibility index (Phi) is 7.75. The molecule has 2 rings (SSSR count). The summed E-state index contributed by atoms with van der Waals surface area (Å²) >= 11 is 0. The number of carbonyl (C=O) groups excluding carboxylic acids is 2. The van der Waals surface area contributed by atoms with Crippen molar-refractivity contribution in [1.29, 1.82) is 0 Å². The number of amides is 2. The molecular weight excluding hydrogens is 332 g/mol. The largest absolute Gasteiger partial charge is 0.497 e. The molecule has 1 aromatic carbocycles. The van der Waals surface area contributed by atoms with E-state index in [1.807, 2.05) is 25.1 Å². The normalized spacial score (nSPS) is 15.3. The first-order chi connectivity index (χ1) is 12.5. The van der Waals surface area contributed by atoms with E-state index in [1.54, 1.807) is 14.2 Å². The number of methoxy groups -OCH3 is 2. The van der Waals surface area contributed by atoms with Crippen molar-refractivity contribution in [2.75, 3.05) is 27.3 Å². The lowest BCUT2D eigenvalue weighted by Gasteiger charge is -2.18. The van der Waals surface area contributed by atoms with Gasteiger partial charge in [0.15, 0.2) is 0 Å². The monoisotopic (exact) mass is 362 g/mol. The molecule has 1 aliphatic carbocycles. The van der Waals surface area contributed by atoms with E-state index >= 15 is 0 Å². The SMILES string of the molecule is COc1ccc(OC)c(CCNC(=O)CNC(=O)C(C)C2CCCC2)c1. The van der Waals surface area contributed by atoms with E-state index in [1.165, 1.54) is 12.8 Å². The van der Waals surface area contributed by atoms with Crippen LogP contribution in [0.15, 0.2) is 18.2 Å². The summed E-state index contributed by atoms with van der Waals surface area (Å²) in [5.74, 6) is 1.74. The van der Waals surface area contributed by atoms with Gasteiger partial charge < -0.3 is 20.1 Å². The van der Waals surface area contributed by atoms with Crippen LogP contribution in [0.3, 0.4) is 0 Å². The lowest BCUT2D eigenvalue weighted by molar-refractivity contribution is -0.129. The summed E-state index contributed by atoms with van der Waals surface area (Å²) in [5.41, 5.74) is 0.964. The highest BCUT2D eigenvalue weighted by Crippen LogP contribution is 2.31. The molecule has 2 N–H and O–H groups in total. The second-order valence-corrected chi connectivity index (χ2v) is 6.83. The zero-order valence-corrected chi connectivity index (χ0v) is 16.0. The summed E-state index contributed by atoms with van der Waals surface area (Å²) < 4.78 is 10.6. The van der Waals surface area contributed by atoms with E-state index in [0.29, 0.717) is 18.9 Å². The predicted octanol–water partition coefficient (Wildman–Crippen LogP) is 2.30. The summed E-state index contributed by atoms with van der Waals surface area (Å²) in [5, 5.41) is 5.59. The second-order valence-electron chi connectivity index (χ2n) is 6.83. The molecule has 1 atom stereocenters. The van der Waals surface area contributed by atoms with Crippen LogP contribution in [0.2, 0.25) is 0 Å². The highest BCUT2D eigenvalue weighted by molar-refractivity contribution is 5.85. The Balaban J connectivity index is 1.72. The van der Waals surface area contributed by atoms with E-state index in [-0.39, 0.29) is 24.3 Å². The Morgan fingerprint density at radius 1 is 1.15 bits per heavy atom. The Bertz CT molecular complexity index is 612. The first-order valence-corrected chi connectivity index (χ1v) is 9.30. The zero-order chi connectivity index (χ0) is 18.9. The van der Waals surface area contributed by atoms with Crippen LogP contribution in [0.1, 0.15) is 38.2 Å². The van der Waals surface area contributed by atoms with Gasteiger partial charge in [-0.1, -0.05) is 19.8 Å². The first-order valence-electron chi connectivity index (χ1n) is 9.30. The Labute approximate surface area is 155 Å². The van der Waals surface area contributed by atoms with E-state index in [9.17, 15) is 9.59 Å². The zero-order valence-electron chi connectivity index (χ0n) is 16.0. The fourth-order valence-electron chi connectivity index (χ4n) is 3.48. The Morgan fingerprint density at radius 2 is 1.88 bits per heavy atom. The maximum Gasteiger partial charge on any atom is 0.239 e. The first kappa shape index (κ1) is 20.1. The van der Waals surface area contributed by atoms with Gasteiger partial charge in [0, 0.05) is 12.5 Å². The quantitative estimate of drug-likeness (QED) is 0.707. The fourth-order valence-corrected chi connectivity index (χ4v) is 3.48. The number of hydrogen-bond donors (Lipinski definition) is 2. The van der Waals surface area contributed by atoms with Crippen LogP contribution < -0.4 is 20.1 Å². The average Bonchev–Trinajstić information content (AvgIpc) is 3.20. The van der Waals surface area contributed by atoms with Crippen LogP contribution in [0.5, 0.6) is 11.5 Å². The molecule has 6 nitrogen and oxygen atoms in total. The molecule has 0 heterocycles. The van der Waals surface area contributed by atoms with Crippen molar-refractivity contribution in [3.63, 3.8) is 0 Å². The molecule has 0 aromatic heterocycles. The van der Waals surface area contributed by atoms with Gasteiger partial charge >= 0.3 is 0 Å². The second kappa shape index (κ2) is 10.0. The summed E-state index contributed by atoms with van der Waals surface area (Å²) in [7, 11) is 3.23. The van der Waals surface area contributed by atoms with Gasteiger partial charge in [0.05, 0.1) is 20.8 Å². The molecule has 1 saturated carbocycles. The maximum absolute atomic E-state index is 12.2. The summed E-state index contributed by atoms with van der Waals surface area (Å²) in [4.78, 5) is 24.1. The molecule has 0 spiro atoms. The minimum Gasteiger partial charge on any atom is -0.497 e. The van der Waals surface area contributed by atoms with E-state index in [4.69, 9.17) is 9.47 Å². The van der Waals surface area contributed by atoms with Crippen molar-refractivity contribution in [1.82, 2.24) is 10.6 Å². The molecule has 0 radical (unpaired) electrons. The number of benzene rings is 1. The maximum atomic E-state index is 12.2. The van der Waals surface area contributed by atoms with E-state index < -0.39 is 0 Å². The van der Waals surface area contributed by atoms with Crippen molar-refractivity contribution in [3.05, 3.63) is 23.8 Å². The molecule has 26 heavy (non-hydrogen) atoms. The molecule has 144 valence electrons. The van der Waals surface area contributed by atoms with Crippen molar-refractivity contribution < 1.29 is 19.1 Å². The molecule has 1 aromatic rings. The topological polar surface area (TPSA) is 76.7 Å². The molecule has 0 bridgehead atoms. The molecule has 1 fully saturated rings. The third-order valence-corrected chi connectivity index (χ3v) is 5.15. The highest BCUT2D eigenvalue weighted by atomic mass is 16.5. The van der Waals surface area contributed by atoms with Crippen LogP contribution in [0.25, 0.3) is 0 Å². The Morgan fingerprint density at radius 3 is 2.54 bits per heavy atom. The van der Waals surface area contributed by atoms with Gasteiger partial charge in [-0.25, -0.2) is 0 Å². The van der Waals surface area contributed by atoms with Crippen molar-refractivity contribution >= 4 is 11.8 Å². The standard InChI is InChI=1S/C20H30N2O4/c1-14(15-6-4-5-7-15)20(24)22-13-19(23)21-11-10-16-12-17(25-2)8-9-18(16)26-3/h8-9,12,14-15H,4-7,10-11,13H2,1-3H3,(H,21,23)(H,22,24). The number of rotatable bonds is 9. The summed E-state index contributed by atoms with van der Waals surface area (Å²) in [6.45, 7) is 2.44. The van der Waals surface area contributed by atoms with Gasteiger partial charge in [-0.15, -0.1) is 0 Å². The third-order valence-electron chi connectivity index (χ3n) is 5.15. The van der Waals surface area contributed by atoms with Crippen molar-refractivity contribution in [3.8, 4) is 11.5 Å². The van der Waals surface area contributed by atoms with Crippen molar-refractivity contribution in [2.24, 2.45) is 11.8 Å². The van der Waals surface area contributed by atoms with Crippen LogP contribution in [-0.4, -0.2) is 39.1 Å². The van der Waals surface area contributed by atoms with Gasteiger partial charge in [0.25, 0.3) is 0 Å². The van der Waals surface area contributed by atoms with Gasteiger partial charge in [0.2, 0.25) is 11.8 Å². The molecule has 1 unspecified atom stereocenters. The van der Waals surface area contributed by atoms with Gasteiger partial charge in [0.1, 0.15) is 11.5 Å². The minimum absolute atomic E-state index is 0.0190. The number of nitrogens with one attached hydrogen (secondary N) is 2. The predicted molar refractivity (Wildman–Crippen MR) is 100 cm³/mol. The summed E-state index contributed by atoms with van der Waals surface area (Å²) in [6, 6.07) is 5.58. The van der Waals surface area contributed by atoms with Crippen LogP contribution in [-0.2, 0) is 16.0 Å². The van der Waals surface area contributed by atoms with Gasteiger partial charge in [-0.05, 0) is 48.9 Å². The van der Waals surface area contributed by atoms with Crippen LogP contribution in [0.4, 0.5) is 0 Å². The molecular formula is C20H30N2O4. The van der Waals surface area contributed by atoms with E-state index in [2.05, 4.69) is 10.6 Å². The van der Waals surface area contributed by atoms with Gasteiger partial charge in [-0.3, -0.25) is 9.59 Å². The third kappa shape index (κ3) is 5.64. The number of hydrogen-bond acceptors (Lipinski definition) is 4. The minimum atomic E-state index is -0.182. The lowest BCUT2D eigenvalue weighted by atomic mass is 9.92. The molecule has 0 saturated heterocycles. The van der Waals surface area contributed by atoms with E-state index in [0.717, 1.165) is 29.9 Å². The smallest absolute Gasteiger partial charge is 0.239 e. The van der Waals surface area contributed by atoms with Crippen LogP contribution in [0, 0.1) is 11.8 Å². The summed E-state index contributed by atoms with van der Waals surface area (Å²) in [6.07, 6.45) is 5.26. The molecule has 0 aliphatic heterocycles. The highest BCUT2D eigenvalue weighted by Gasteiger charge is 2.26. The number of ether oxygens (including phenoxy) is 2. The fraction of sp³-hybridized carbons (Fsp3) is 0.600. The van der Waals surface area contributed by atoms with Crippen molar-refractivity contribution in [2.45, 2.75) is 39.0 Å². The lowest BCUT2D eigenvalue weighted by Crippen LogP contribution is -2.40. The molecule has 6 heteroatoms. The molecule has 1 aliphatic rings. The Hall–Kier alpha value is -2.24. The van der Waals surface area contributed by atoms with Gasteiger partial charge in [-0.2, -0.15) is 0 Å². The number of carbonyl (C=O) groups is 2. The molecule has 2 amide bonds. The average molecular weight is 362 g/mol. The van der Waals surface area contributed by atoms with Crippen LogP contribution >= 0.6 is 0 Å².